The maximum absolute atomic E-state index is 10.5. The Hall–Kier alpha value is -1.62. The van der Waals surface area contributed by atoms with Crippen LogP contribution in [-0.2, 0) is 0 Å². The number of nitrogens with one attached hydrogen (secondary N) is 1. The second-order valence-corrected chi connectivity index (χ2v) is 4.59. The quantitative estimate of drug-likeness (QED) is 0.646. The molecule has 1 aromatic carbocycles. The van der Waals surface area contributed by atoms with Gasteiger partial charge in [-0.15, -0.1) is 0 Å². The summed E-state index contributed by atoms with van der Waals surface area (Å²) in [5.41, 5.74) is 4.31. The van der Waals surface area contributed by atoms with E-state index in [9.17, 15) is 10.1 Å². The molecule has 1 aliphatic heterocycles. The Bertz CT molecular complexity index is 383. The molecule has 1 N–H and O–H groups in total. The minimum absolute atomic E-state index is 0.128. The lowest BCUT2D eigenvalue weighted by Gasteiger charge is -2.31. The van der Waals surface area contributed by atoms with Gasteiger partial charge in [-0.3, -0.25) is 10.1 Å². The van der Waals surface area contributed by atoms with E-state index in [1.54, 1.807) is 12.1 Å². The zero-order valence-electron chi connectivity index (χ0n) is 9.93. The van der Waals surface area contributed by atoms with Crippen LogP contribution in [0.15, 0.2) is 24.3 Å². The maximum atomic E-state index is 10.5. The first kappa shape index (κ1) is 11.9. The monoisotopic (exact) mass is 235 g/mol. The molecule has 0 amide bonds. The van der Waals surface area contributed by atoms with E-state index in [2.05, 4.69) is 17.4 Å². The summed E-state index contributed by atoms with van der Waals surface area (Å²) in [5, 5.41) is 12.7. The Morgan fingerprint density at radius 1 is 1.29 bits per heavy atom. The van der Waals surface area contributed by atoms with E-state index in [-0.39, 0.29) is 10.6 Å². The van der Waals surface area contributed by atoms with Crippen molar-refractivity contribution in [3.8, 4) is 0 Å². The van der Waals surface area contributed by atoms with E-state index in [0.717, 1.165) is 24.7 Å². The van der Waals surface area contributed by atoms with Crippen molar-refractivity contribution in [2.24, 2.45) is 5.92 Å². The second kappa shape index (κ2) is 5.14. The summed E-state index contributed by atoms with van der Waals surface area (Å²) in [6.45, 7) is 4.32. The molecule has 0 spiro atoms. The fourth-order valence-corrected chi connectivity index (χ4v) is 1.96. The minimum Gasteiger partial charge on any atom is -0.319 e. The van der Waals surface area contributed by atoms with Crippen LogP contribution in [0.25, 0.3) is 0 Å². The molecular formula is C12H17N3O2. The largest absolute Gasteiger partial charge is 0.319 e. The standard InChI is InChI=1S/C12H17N3O2/c1-10-6-8-14(9-7-10)13-11-2-4-12(5-3-11)15(16)17/h2-5,10,13H,6-9H2,1H3. The van der Waals surface area contributed by atoms with Crippen molar-refractivity contribution in [2.75, 3.05) is 18.5 Å². The molecule has 1 fully saturated rings. The predicted molar refractivity (Wildman–Crippen MR) is 66.7 cm³/mol. The summed E-state index contributed by atoms with van der Waals surface area (Å²) in [6.07, 6.45) is 2.39. The van der Waals surface area contributed by atoms with Gasteiger partial charge in [-0.25, -0.2) is 5.01 Å². The van der Waals surface area contributed by atoms with Gasteiger partial charge in [0.15, 0.2) is 0 Å². The van der Waals surface area contributed by atoms with Crippen LogP contribution in [0.3, 0.4) is 0 Å². The number of hydrogen-bond donors (Lipinski definition) is 1. The van der Waals surface area contributed by atoms with E-state index in [0.29, 0.717) is 0 Å². The van der Waals surface area contributed by atoms with Crippen LogP contribution in [0.1, 0.15) is 19.8 Å². The van der Waals surface area contributed by atoms with E-state index in [4.69, 9.17) is 0 Å². The highest BCUT2D eigenvalue weighted by atomic mass is 16.6. The van der Waals surface area contributed by atoms with Gasteiger partial charge >= 0.3 is 0 Å². The molecule has 17 heavy (non-hydrogen) atoms. The highest BCUT2D eigenvalue weighted by Crippen LogP contribution is 2.19. The lowest BCUT2D eigenvalue weighted by molar-refractivity contribution is -0.384. The fraction of sp³-hybridized carbons (Fsp3) is 0.500. The zero-order valence-corrected chi connectivity index (χ0v) is 9.93. The van der Waals surface area contributed by atoms with Gasteiger partial charge in [0.25, 0.3) is 5.69 Å². The number of nitrogens with zero attached hydrogens (tertiary/aromatic N) is 2. The molecule has 1 aliphatic rings. The Balaban J connectivity index is 1.92. The Kier molecular flexibility index (Phi) is 3.58. The molecule has 5 heteroatoms. The number of nitro groups is 1. The van der Waals surface area contributed by atoms with Crippen LogP contribution in [0, 0.1) is 16.0 Å². The number of nitro benzene ring substituents is 1. The van der Waals surface area contributed by atoms with Crippen molar-refractivity contribution in [3.05, 3.63) is 34.4 Å². The molecule has 0 aromatic heterocycles. The molecule has 5 nitrogen and oxygen atoms in total. The predicted octanol–water partition coefficient (Wildman–Crippen LogP) is 2.65. The average molecular weight is 235 g/mol. The average Bonchev–Trinajstić information content (AvgIpc) is 2.33. The normalized spacial score (nSPS) is 17.9. The molecule has 0 aliphatic carbocycles. The van der Waals surface area contributed by atoms with E-state index < -0.39 is 0 Å². The van der Waals surface area contributed by atoms with Gasteiger partial charge in [-0.2, -0.15) is 0 Å². The van der Waals surface area contributed by atoms with Crippen LogP contribution < -0.4 is 5.43 Å². The molecule has 1 aromatic rings. The Labute approximate surface area is 101 Å². The summed E-state index contributed by atoms with van der Waals surface area (Å²) in [4.78, 5) is 10.1. The molecule has 0 saturated carbocycles. The van der Waals surface area contributed by atoms with E-state index in [1.165, 1.54) is 25.0 Å². The first-order valence-corrected chi connectivity index (χ1v) is 5.91. The number of hydrazine groups is 1. The molecule has 1 heterocycles. The van der Waals surface area contributed by atoms with Gasteiger partial charge in [-0.05, 0) is 30.9 Å². The molecule has 1 saturated heterocycles. The minimum atomic E-state index is -0.383. The van der Waals surface area contributed by atoms with Gasteiger partial charge < -0.3 is 5.43 Å². The molecule has 0 atom stereocenters. The molecule has 2 rings (SSSR count). The molecular weight excluding hydrogens is 218 g/mol. The lowest BCUT2D eigenvalue weighted by Crippen LogP contribution is -2.37. The Morgan fingerprint density at radius 3 is 2.41 bits per heavy atom. The third-order valence-corrected chi connectivity index (χ3v) is 3.15. The van der Waals surface area contributed by atoms with Crippen molar-refractivity contribution in [2.45, 2.75) is 19.8 Å². The van der Waals surface area contributed by atoms with Crippen molar-refractivity contribution in [1.29, 1.82) is 0 Å². The number of hydrogen-bond acceptors (Lipinski definition) is 4. The van der Waals surface area contributed by atoms with Crippen molar-refractivity contribution >= 4 is 11.4 Å². The maximum Gasteiger partial charge on any atom is 0.269 e. The SMILES string of the molecule is CC1CCN(Nc2ccc([N+](=O)[O-])cc2)CC1. The first-order chi connectivity index (χ1) is 8.15. The number of anilines is 1. The lowest BCUT2D eigenvalue weighted by atomic mass is 10.0. The zero-order chi connectivity index (χ0) is 12.3. The topological polar surface area (TPSA) is 58.4 Å². The number of rotatable bonds is 3. The molecule has 92 valence electrons. The van der Waals surface area contributed by atoms with E-state index in [1.807, 2.05) is 0 Å². The smallest absolute Gasteiger partial charge is 0.269 e. The highest BCUT2D eigenvalue weighted by Gasteiger charge is 2.15. The summed E-state index contributed by atoms with van der Waals surface area (Å²) < 4.78 is 0. The number of benzene rings is 1. The summed E-state index contributed by atoms with van der Waals surface area (Å²) >= 11 is 0. The molecule has 0 unspecified atom stereocenters. The van der Waals surface area contributed by atoms with Crippen molar-refractivity contribution < 1.29 is 4.92 Å². The van der Waals surface area contributed by atoms with E-state index >= 15 is 0 Å². The van der Waals surface area contributed by atoms with Crippen LogP contribution in [0.2, 0.25) is 0 Å². The van der Waals surface area contributed by atoms with Crippen molar-refractivity contribution in [3.63, 3.8) is 0 Å². The molecule has 0 radical (unpaired) electrons. The Morgan fingerprint density at radius 2 is 1.88 bits per heavy atom. The third kappa shape index (κ3) is 3.17. The van der Waals surface area contributed by atoms with Gasteiger partial charge in [0, 0.05) is 30.9 Å². The van der Waals surface area contributed by atoms with Crippen LogP contribution in [-0.4, -0.2) is 23.0 Å². The van der Waals surface area contributed by atoms with Crippen LogP contribution in [0.5, 0.6) is 0 Å². The van der Waals surface area contributed by atoms with Crippen molar-refractivity contribution in [1.82, 2.24) is 5.01 Å². The van der Waals surface area contributed by atoms with Crippen LogP contribution in [0.4, 0.5) is 11.4 Å². The number of non-ortho nitro benzene ring substituents is 1. The van der Waals surface area contributed by atoms with Gasteiger partial charge in [-0.1, -0.05) is 6.92 Å². The van der Waals surface area contributed by atoms with Gasteiger partial charge in [0.2, 0.25) is 0 Å². The fourth-order valence-electron chi connectivity index (χ4n) is 1.96. The molecule has 0 bridgehead atoms. The summed E-state index contributed by atoms with van der Waals surface area (Å²) in [5.74, 6) is 0.796. The number of piperidine rings is 1. The summed E-state index contributed by atoms with van der Waals surface area (Å²) in [7, 11) is 0. The van der Waals surface area contributed by atoms with Gasteiger partial charge in [0.1, 0.15) is 0 Å². The highest BCUT2D eigenvalue weighted by molar-refractivity contribution is 5.47. The second-order valence-electron chi connectivity index (χ2n) is 4.59. The third-order valence-electron chi connectivity index (χ3n) is 3.15. The first-order valence-electron chi connectivity index (χ1n) is 5.91. The van der Waals surface area contributed by atoms with Gasteiger partial charge in [0.05, 0.1) is 4.92 Å². The summed E-state index contributed by atoms with van der Waals surface area (Å²) in [6, 6.07) is 6.54. The van der Waals surface area contributed by atoms with Crippen LogP contribution >= 0.6 is 0 Å².